The molecule has 0 aliphatic carbocycles. The fourth-order valence-electron chi connectivity index (χ4n) is 2.06. The molecule has 1 aliphatic heterocycles. The van der Waals surface area contributed by atoms with Crippen LogP contribution in [0.1, 0.15) is 5.56 Å². The van der Waals surface area contributed by atoms with E-state index in [0.29, 0.717) is 18.7 Å². The molecule has 18 heavy (non-hydrogen) atoms. The lowest BCUT2D eigenvalue weighted by molar-refractivity contribution is -0.0182. The van der Waals surface area contributed by atoms with Crippen LogP contribution in [-0.4, -0.2) is 49.4 Å². The third-order valence-corrected chi connectivity index (χ3v) is 3.10. The van der Waals surface area contributed by atoms with Gasteiger partial charge in [-0.1, -0.05) is 12.1 Å². The van der Waals surface area contributed by atoms with E-state index < -0.39 is 5.82 Å². The van der Waals surface area contributed by atoms with Gasteiger partial charge in [0.15, 0.2) is 11.6 Å². The Bertz CT molecular complexity index is 401. The van der Waals surface area contributed by atoms with Gasteiger partial charge in [0.25, 0.3) is 0 Å². The maximum absolute atomic E-state index is 13.1. The zero-order valence-corrected chi connectivity index (χ0v) is 10.5. The van der Waals surface area contributed by atoms with Gasteiger partial charge in [0.2, 0.25) is 0 Å². The normalized spacial score (nSPS) is 21.1. The molecule has 1 atom stereocenters. The Kier molecular flexibility index (Phi) is 4.52. The van der Waals surface area contributed by atoms with E-state index in [0.717, 1.165) is 19.7 Å². The maximum atomic E-state index is 13.1. The van der Waals surface area contributed by atoms with E-state index in [1.807, 2.05) is 0 Å². The number of likely N-dealkylation sites (N-methyl/N-ethyl adjacent to an activating group) is 1. The number of aromatic hydroxyl groups is 1. The zero-order valence-electron chi connectivity index (χ0n) is 10.5. The summed E-state index contributed by atoms with van der Waals surface area (Å²) in [5, 5.41) is 12.7. The first-order valence-corrected chi connectivity index (χ1v) is 6.14. The second-order valence-corrected chi connectivity index (χ2v) is 4.63. The van der Waals surface area contributed by atoms with Crippen LogP contribution in [0.15, 0.2) is 18.2 Å². The zero-order chi connectivity index (χ0) is 13.0. The lowest BCUT2D eigenvalue weighted by Gasteiger charge is -2.30. The van der Waals surface area contributed by atoms with Gasteiger partial charge in [-0.25, -0.2) is 4.39 Å². The maximum Gasteiger partial charge on any atom is 0.165 e. The average molecular weight is 254 g/mol. The van der Waals surface area contributed by atoms with Gasteiger partial charge in [-0.15, -0.1) is 0 Å². The van der Waals surface area contributed by atoms with Gasteiger partial charge in [0.05, 0.1) is 12.7 Å². The fourth-order valence-corrected chi connectivity index (χ4v) is 2.06. The van der Waals surface area contributed by atoms with Crippen molar-refractivity contribution < 1.29 is 14.2 Å². The number of hydrogen-bond donors (Lipinski definition) is 2. The van der Waals surface area contributed by atoms with Crippen molar-refractivity contribution in [3.63, 3.8) is 0 Å². The fraction of sp³-hybridized carbons (Fsp3) is 0.538. The van der Waals surface area contributed by atoms with Crippen LogP contribution in [0.4, 0.5) is 4.39 Å². The number of morpholine rings is 1. The molecular weight excluding hydrogens is 235 g/mol. The van der Waals surface area contributed by atoms with Crippen molar-refractivity contribution in [1.82, 2.24) is 10.2 Å². The largest absolute Gasteiger partial charge is 0.505 e. The third-order valence-electron chi connectivity index (χ3n) is 3.10. The minimum absolute atomic E-state index is 0.152. The van der Waals surface area contributed by atoms with Gasteiger partial charge in [-0.2, -0.15) is 0 Å². The topological polar surface area (TPSA) is 44.7 Å². The van der Waals surface area contributed by atoms with Crippen LogP contribution in [0.3, 0.4) is 0 Å². The number of rotatable bonds is 4. The molecule has 0 spiro atoms. The van der Waals surface area contributed by atoms with Crippen LogP contribution >= 0.6 is 0 Å². The number of ether oxygens (including phenoxy) is 1. The van der Waals surface area contributed by atoms with Gasteiger partial charge in [0.1, 0.15) is 0 Å². The summed E-state index contributed by atoms with van der Waals surface area (Å²) in [6.45, 7) is 3.73. The van der Waals surface area contributed by atoms with Crippen molar-refractivity contribution in [3.8, 4) is 5.75 Å². The van der Waals surface area contributed by atoms with E-state index in [9.17, 15) is 9.50 Å². The summed E-state index contributed by atoms with van der Waals surface area (Å²) in [6.07, 6.45) is 0.152. The minimum Gasteiger partial charge on any atom is -0.505 e. The summed E-state index contributed by atoms with van der Waals surface area (Å²) in [4.78, 5) is 2.22. The predicted molar refractivity (Wildman–Crippen MR) is 67.0 cm³/mol. The highest BCUT2D eigenvalue weighted by Gasteiger charge is 2.17. The van der Waals surface area contributed by atoms with Gasteiger partial charge < -0.3 is 20.1 Å². The van der Waals surface area contributed by atoms with Crippen molar-refractivity contribution in [3.05, 3.63) is 29.6 Å². The molecule has 0 radical (unpaired) electrons. The van der Waals surface area contributed by atoms with Gasteiger partial charge in [0, 0.05) is 31.7 Å². The SMILES string of the molecule is CN1CCOC(CNCc2cccc(F)c2O)C1. The van der Waals surface area contributed by atoms with Crippen molar-refractivity contribution in [2.45, 2.75) is 12.6 Å². The van der Waals surface area contributed by atoms with E-state index in [4.69, 9.17) is 4.74 Å². The lowest BCUT2D eigenvalue weighted by Crippen LogP contribution is -2.44. The number of hydrogen-bond acceptors (Lipinski definition) is 4. The molecule has 0 saturated carbocycles. The van der Waals surface area contributed by atoms with Crippen molar-refractivity contribution >= 4 is 0 Å². The number of para-hydroxylation sites is 1. The Hall–Kier alpha value is -1.17. The molecule has 5 heteroatoms. The highest BCUT2D eigenvalue weighted by atomic mass is 19.1. The smallest absolute Gasteiger partial charge is 0.165 e. The van der Waals surface area contributed by atoms with Gasteiger partial charge in [-0.3, -0.25) is 0 Å². The molecule has 1 saturated heterocycles. The number of phenols is 1. The van der Waals surface area contributed by atoms with Crippen LogP contribution in [0.2, 0.25) is 0 Å². The molecule has 1 aromatic rings. The molecule has 1 heterocycles. The van der Waals surface area contributed by atoms with Crippen LogP contribution in [0, 0.1) is 5.82 Å². The molecule has 100 valence electrons. The second-order valence-electron chi connectivity index (χ2n) is 4.63. The summed E-state index contributed by atoms with van der Waals surface area (Å²) in [6, 6.07) is 4.55. The van der Waals surface area contributed by atoms with Gasteiger partial charge in [-0.05, 0) is 13.1 Å². The van der Waals surface area contributed by atoms with E-state index in [1.165, 1.54) is 6.07 Å². The Morgan fingerprint density at radius 2 is 2.39 bits per heavy atom. The van der Waals surface area contributed by atoms with Crippen LogP contribution in [0.25, 0.3) is 0 Å². The Labute approximate surface area is 106 Å². The molecular formula is C13H19FN2O2. The summed E-state index contributed by atoms with van der Waals surface area (Å²) >= 11 is 0. The van der Waals surface area contributed by atoms with E-state index in [1.54, 1.807) is 12.1 Å². The molecule has 1 fully saturated rings. The summed E-state index contributed by atoms with van der Waals surface area (Å²) < 4.78 is 18.7. The third kappa shape index (κ3) is 3.41. The monoisotopic (exact) mass is 254 g/mol. The first-order valence-electron chi connectivity index (χ1n) is 6.14. The molecule has 1 unspecified atom stereocenters. The molecule has 0 aromatic heterocycles. The standard InChI is InChI=1S/C13H19FN2O2/c1-16-5-6-18-11(9-16)8-15-7-10-3-2-4-12(14)13(10)17/h2-4,11,15,17H,5-9H2,1H3. The van der Waals surface area contributed by atoms with Crippen molar-refractivity contribution in [2.24, 2.45) is 0 Å². The van der Waals surface area contributed by atoms with E-state index in [2.05, 4.69) is 17.3 Å². The summed E-state index contributed by atoms with van der Waals surface area (Å²) in [5.74, 6) is -0.852. The van der Waals surface area contributed by atoms with Crippen molar-refractivity contribution in [2.75, 3.05) is 33.3 Å². The molecule has 1 aromatic carbocycles. The number of halogens is 1. The number of nitrogens with zero attached hydrogens (tertiary/aromatic N) is 1. The molecule has 2 rings (SSSR count). The number of phenolic OH excluding ortho intramolecular Hbond substituents is 1. The second kappa shape index (κ2) is 6.13. The molecule has 4 nitrogen and oxygen atoms in total. The average Bonchev–Trinajstić information content (AvgIpc) is 2.35. The quantitative estimate of drug-likeness (QED) is 0.840. The first-order chi connectivity index (χ1) is 8.66. The highest BCUT2D eigenvalue weighted by molar-refractivity contribution is 5.33. The Balaban J connectivity index is 1.79. The molecule has 1 aliphatic rings. The Morgan fingerprint density at radius 3 is 3.17 bits per heavy atom. The summed E-state index contributed by atoms with van der Waals surface area (Å²) in [7, 11) is 2.06. The van der Waals surface area contributed by atoms with Gasteiger partial charge >= 0.3 is 0 Å². The summed E-state index contributed by atoms with van der Waals surface area (Å²) in [5.41, 5.74) is 0.569. The first kappa shape index (κ1) is 13.3. The molecule has 0 amide bonds. The highest BCUT2D eigenvalue weighted by Crippen LogP contribution is 2.20. The van der Waals surface area contributed by atoms with Crippen LogP contribution in [0.5, 0.6) is 5.75 Å². The van der Waals surface area contributed by atoms with Crippen LogP contribution < -0.4 is 5.32 Å². The number of nitrogens with one attached hydrogen (secondary N) is 1. The van der Waals surface area contributed by atoms with Crippen LogP contribution in [-0.2, 0) is 11.3 Å². The Morgan fingerprint density at radius 1 is 1.56 bits per heavy atom. The predicted octanol–water partition coefficient (Wildman–Crippen LogP) is 0.951. The molecule has 0 bridgehead atoms. The van der Waals surface area contributed by atoms with E-state index in [-0.39, 0.29) is 11.9 Å². The molecule has 2 N–H and O–H groups in total. The van der Waals surface area contributed by atoms with Crippen molar-refractivity contribution in [1.29, 1.82) is 0 Å². The minimum atomic E-state index is -0.581. The lowest BCUT2D eigenvalue weighted by atomic mass is 10.2. The number of benzene rings is 1. The van der Waals surface area contributed by atoms with E-state index >= 15 is 0 Å².